The normalized spacial score (nSPS) is 10.0. The van der Waals surface area contributed by atoms with Gasteiger partial charge in [0.05, 0.1) is 14.2 Å². The molecule has 0 aliphatic rings. The van der Waals surface area contributed by atoms with Gasteiger partial charge in [-0.15, -0.1) is 0 Å². The monoisotopic (exact) mass is 230 g/mol. The van der Waals surface area contributed by atoms with Gasteiger partial charge in [-0.1, -0.05) is 0 Å². The molecule has 9 nitrogen and oxygen atoms in total. The summed E-state index contributed by atoms with van der Waals surface area (Å²) in [6.45, 7) is -0.219. The van der Waals surface area contributed by atoms with Crippen LogP contribution in [0.4, 0.5) is 17.8 Å². The second-order valence-electron chi connectivity index (χ2n) is 2.73. The van der Waals surface area contributed by atoms with Crippen LogP contribution in [0.15, 0.2) is 0 Å². The highest BCUT2D eigenvalue weighted by Crippen LogP contribution is 2.11. The topological polar surface area (TPSA) is 105 Å². The van der Waals surface area contributed by atoms with Crippen LogP contribution in [0.25, 0.3) is 0 Å². The van der Waals surface area contributed by atoms with E-state index >= 15 is 0 Å². The number of aliphatic hydroxyl groups excluding tert-OH is 1. The minimum atomic E-state index is -0.219. The third-order valence-corrected chi connectivity index (χ3v) is 1.56. The van der Waals surface area contributed by atoms with Crippen LogP contribution in [0.1, 0.15) is 0 Å². The molecule has 0 saturated carbocycles. The average Bonchev–Trinajstić information content (AvgIpc) is 2.28. The summed E-state index contributed by atoms with van der Waals surface area (Å²) < 4.78 is 0. The first kappa shape index (κ1) is 12.4. The van der Waals surface area contributed by atoms with Gasteiger partial charge < -0.3 is 10.0 Å². The number of anilines is 3. The van der Waals surface area contributed by atoms with Crippen molar-refractivity contribution in [2.75, 3.05) is 43.9 Å². The number of nitrogens with zero attached hydrogens (tertiary/aromatic N) is 4. The van der Waals surface area contributed by atoms with Crippen LogP contribution >= 0.6 is 0 Å². The minimum Gasteiger partial charge on any atom is -0.376 e. The largest absolute Gasteiger partial charge is 0.376 e. The molecule has 1 rings (SSSR count). The van der Waals surface area contributed by atoms with Crippen molar-refractivity contribution in [3.63, 3.8) is 0 Å². The fraction of sp³-hybridized carbons (Fsp3) is 0.571. The molecule has 0 unspecified atom stereocenters. The fourth-order valence-electron chi connectivity index (χ4n) is 0.873. The maximum atomic E-state index is 8.95. The zero-order valence-corrected chi connectivity index (χ0v) is 9.26. The van der Waals surface area contributed by atoms with Gasteiger partial charge in [0.2, 0.25) is 5.95 Å². The number of aliphatic hydroxyl groups is 1. The molecule has 1 aromatic heterocycles. The molecule has 0 saturated heterocycles. The van der Waals surface area contributed by atoms with Crippen molar-refractivity contribution in [1.82, 2.24) is 15.0 Å². The predicted octanol–water partition coefficient (Wildman–Crippen LogP) is -0.796. The average molecular weight is 230 g/mol. The molecule has 0 atom stereocenters. The van der Waals surface area contributed by atoms with Crippen LogP contribution in [0, 0.1) is 0 Å². The SMILES string of the molecule is CONc1nc(NOC)nc(N(C)CO)n1. The Morgan fingerprint density at radius 1 is 1.12 bits per heavy atom. The van der Waals surface area contributed by atoms with Crippen molar-refractivity contribution in [3.05, 3.63) is 0 Å². The summed E-state index contributed by atoms with van der Waals surface area (Å²) in [5.74, 6) is 0.677. The number of nitrogens with one attached hydrogen (secondary N) is 2. The first-order valence-electron chi connectivity index (χ1n) is 4.37. The lowest BCUT2D eigenvalue weighted by Crippen LogP contribution is -2.22. The third kappa shape index (κ3) is 3.15. The standard InChI is InChI=1S/C7H14N6O3/c1-13(4-14)7-9-5(11-15-2)8-6(10-7)12-16-3/h14H,4H2,1-3H3,(H2,8,9,10,11,12). The Morgan fingerprint density at radius 3 is 2.00 bits per heavy atom. The molecule has 1 heterocycles. The Morgan fingerprint density at radius 2 is 1.62 bits per heavy atom. The highest BCUT2D eigenvalue weighted by Gasteiger charge is 2.09. The van der Waals surface area contributed by atoms with Gasteiger partial charge in [0.25, 0.3) is 11.9 Å². The second kappa shape index (κ2) is 6.00. The van der Waals surface area contributed by atoms with Crippen LogP contribution in [-0.2, 0) is 9.68 Å². The van der Waals surface area contributed by atoms with Crippen LogP contribution in [0.5, 0.6) is 0 Å². The summed E-state index contributed by atoms with van der Waals surface area (Å²) >= 11 is 0. The van der Waals surface area contributed by atoms with Crippen molar-refractivity contribution in [2.45, 2.75) is 0 Å². The maximum absolute atomic E-state index is 8.95. The van der Waals surface area contributed by atoms with E-state index in [-0.39, 0.29) is 24.6 Å². The number of aromatic nitrogens is 3. The van der Waals surface area contributed by atoms with Crippen molar-refractivity contribution >= 4 is 17.8 Å². The summed E-state index contributed by atoms with van der Waals surface area (Å²) in [5, 5.41) is 8.95. The van der Waals surface area contributed by atoms with Gasteiger partial charge in [0, 0.05) is 7.05 Å². The Balaban J connectivity index is 2.97. The van der Waals surface area contributed by atoms with Crippen molar-refractivity contribution < 1.29 is 14.8 Å². The molecule has 0 aliphatic carbocycles. The molecule has 0 spiro atoms. The molecule has 0 radical (unpaired) electrons. The van der Waals surface area contributed by atoms with Crippen LogP contribution in [0.3, 0.4) is 0 Å². The Kier molecular flexibility index (Phi) is 4.64. The fourth-order valence-corrected chi connectivity index (χ4v) is 0.873. The van der Waals surface area contributed by atoms with Gasteiger partial charge in [-0.2, -0.15) is 15.0 Å². The zero-order chi connectivity index (χ0) is 12.0. The highest BCUT2D eigenvalue weighted by molar-refractivity contribution is 5.41. The zero-order valence-electron chi connectivity index (χ0n) is 9.26. The predicted molar refractivity (Wildman–Crippen MR) is 56.6 cm³/mol. The Labute approximate surface area is 92.3 Å². The molecule has 0 fully saturated rings. The summed E-state index contributed by atoms with van der Waals surface area (Å²) in [4.78, 5) is 22.7. The smallest absolute Gasteiger partial charge is 0.253 e. The first-order valence-corrected chi connectivity index (χ1v) is 4.37. The maximum Gasteiger partial charge on any atom is 0.253 e. The summed E-state index contributed by atoms with van der Waals surface area (Å²) in [6.07, 6.45) is 0. The van der Waals surface area contributed by atoms with E-state index in [1.807, 2.05) is 0 Å². The number of hydrogen-bond donors (Lipinski definition) is 3. The summed E-state index contributed by atoms with van der Waals surface area (Å²) in [6, 6.07) is 0. The van der Waals surface area contributed by atoms with E-state index in [1.54, 1.807) is 7.05 Å². The molecular formula is C7H14N6O3. The molecule has 16 heavy (non-hydrogen) atoms. The first-order chi connectivity index (χ1) is 7.71. The third-order valence-electron chi connectivity index (χ3n) is 1.56. The number of rotatable bonds is 6. The molecule has 0 amide bonds. The van der Waals surface area contributed by atoms with E-state index in [1.165, 1.54) is 19.1 Å². The summed E-state index contributed by atoms with van der Waals surface area (Å²) in [7, 11) is 4.49. The lowest BCUT2D eigenvalue weighted by Gasteiger charge is -2.14. The van der Waals surface area contributed by atoms with E-state index in [0.29, 0.717) is 0 Å². The molecule has 9 heteroatoms. The number of hydrogen-bond acceptors (Lipinski definition) is 9. The molecule has 0 bridgehead atoms. The van der Waals surface area contributed by atoms with E-state index in [4.69, 9.17) is 5.11 Å². The Hall–Kier alpha value is -1.71. The highest BCUT2D eigenvalue weighted by atomic mass is 16.6. The van der Waals surface area contributed by atoms with Gasteiger partial charge >= 0.3 is 0 Å². The quantitative estimate of drug-likeness (QED) is 0.428. The lowest BCUT2D eigenvalue weighted by atomic mass is 10.7. The van der Waals surface area contributed by atoms with Gasteiger partial charge in [-0.3, -0.25) is 9.68 Å². The van der Waals surface area contributed by atoms with Gasteiger partial charge in [0.1, 0.15) is 6.73 Å². The van der Waals surface area contributed by atoms with Gasteiger partial charge in [-0.25, -0.2) is 11.0 Å². The van der Waals surface area contributed by atoms with Crippen LogP contribution in [-0.4, -0.2) is 48.1 Å². The van der Waals surface area contributed by atoms with Gasteiger partial charge in [-0.05, 0) is 0 Å². The molecular weight excluding hydrogens is 216 g/mol. The van der Waals surface area contributed by atoms with E-state index in [0.717, 1.165) is 0 Å². The van der Waals surface area contributed by atoms with E-state index in [9.17, 15) is 0 Å². The lowest BCUT2D eigenvalue weighted by molar-refractivity contribution is 0.261. The molecule has 90 valence electrons. The molecule has 0 aromatic carbocycles. The van der Waals surface area contributed by atoms with E-state index < -0.39 is 0 Å². The van der Waals surface area contributed by atoms with Crippen molar-refractivity contribution in [3.8, 4) is 0 Å². The van der Waals surface area contributed by atoms with Crippen LogP contribution < -0.4 is 15.9 Å². The minimum absolute atomic E-state index is 0.201. The van der Waals surface area contributed by atoms with E-state index in [2.05, 4.69) is 35.6 Å². The summed E-state index contributed by atoms with van der Waals surface area (Å²) in [5.41, 5.74) is 4.92. The van der Waals surface area contributed by atoms with Gasteiger partial charge in [0.15, 0.2) is 0 Å². The molecule has 0 aliphatic heterocycles. The molecule has 3 N–H and O–H groups in total. The second-order valence-corrected chi connectivity index (χ2v) is 2.73. The Bertz CT molecular complexity index is 312. The van der Waals surface area contributed by atoms with Crippen molar-refractivity contribution in [2.24, 2.45) is 0 Å². The van der Waals surface area contributed by atoms with Crippen molar-refractivity contribution in [1.29, 1.82) is 0 Å². The van der Waals surface area contributed by atoms with Crippen LogP contribution in [0.2, 0.25) is 0 Å². The molecule has 1 aromatic rings.